The summed E-state index contributed by atoms with van der Waals surface area (Å²) in [6.45, 7) is 0. The van der Waals surface area contributed by atoms with Crippen LogP contribution in [0.15, 0.2) is 18.2 Å². The first-order valence-electron chi connectivity index (χ1n) is 4.33. The van der Waals surface area contributed by atoms with E-state index in [2.05, 4.69) is 14.9 Å². The Balaban J connectivity index is 2.70. The zero-order chi connectivity index (χ0) is 11.7. The van der Waals surface area contributed by atoms with Gasteiger partial charge >= 0.3 is 5.97 Å². The number of carbonyl (C=O) groups excluding carboxylic acids is 1. The van der Waals surface area contributed by atoms with Crippen LogP contribution < -0.4 is 0 Å². The first-order valence-corrected chi connectivity index (χ1v) is 5.09. The number of halogens is 2. The van der Waals surface area contributed by atoms with Gasteiger partial charge in [0.05, 0.1) is 17.6 Å². The van der Waals surface area contributed by atoms with Gasteiger partial charge in [0.15, 0.2) is 5.69 Å². The number of hydrogen-bond acceptors (Lipinski definition) is 4. The molecule has 0 saturated heterocycles. The summed E-state index contributed by atoms with van der Waals surface area (Å²) in [5, 5.41) is 8.92. The Morgan fingerprint density at radius 3 is 2.75 bits per heavy atom. The number of methoxy groups -OCH3 is 1. The number of ether oxygens (including phenoxy) is 1. The van der Waals surface area contributed by atoms with E-state index in [1.54, 1.807) is 18.2 Å². The van der Waals surface area contributed by atoms with E-state index >= 15 is 0 Å². The van der Waals surface area contributed by atoms with Crippen LogP contribution in [0.5, 0.6) is 0 Å². The molecule has 6 heteroatoms. The molecule has 4 nitrogen and oxygen atoms in total. The summed E-state index contributed by atoms with van der Waals surface area (Å²) in [5.41, 5.74) is 0.532. The lowest BCUT2D eigenvalue weighted by atomic mass is 10.2. The van der Waals surface area contributed by atoms with Gasteiger partial charge in [0.2, 0.25) is 0 Å². The van der Waals surface area contributed by atoms with Crippen molar-refractivity contribution in [3.05, 3.63) is 33.9 Å². The van der Waals surface area contributed by atoms with Crippen LogP contribution in [0.25, 0.3) is 10.9 Å². The minimum absolute atomic E-state index is 0.000936. The lowest BCUT2D eigenvalue weighted by molar-refractivity contribution is 0.0593. The lowest BCUT2D eigenvalue weighted by Crippen LogP contribution is -2.06. The molecule has 0 N–H and O–H groups in total. The molecular formula is C10H6Cl2N2O2. The maximum Gasteiger partial charge on any atom is 0.360 e. The third kappa shape index (κ3) is 1.81. The predicted octanol–water partition coefficient (Wildman–Crippen LogP) is 2.72. The second-order valence-corrected chi connectivity index (χ2v) is 3.83. The number of fused-ring (bicyclic) bond motifs is 1. The number of hydrogen-bond donors (Lipinski definition) is 0. The van der Waals surface area contributed by atoms with Crippen molar-refractivity contribution in [1.29, 1.82) is 0 Å². The summed E-state index contributed by atoms with van der Waals surface area (Å²) in [6, 6.07) is 4.97. The van der Waals surface area contributed by atoms with Gasteiger partial charge in [0, 0.05) is 10.4 Å². The van der Waals surface area contributed by atoms with Crippen LogP contribution in [0.2, 0.25) is 10.0 Å². The summed E-state index contributed by atoms with van der Waals surface area (Å²) >= 11 is 11.8. The smallest absolute Gasteiger partial charge is 0.360 e. The van der Waals surface area contributed by atoms with Gasteiger partial charge < -0.3 is 4.74 Å². The van der Waals surface area contributed by atoms with E-state index in [0.717, 1.165) is 0 Å². The minimum Gasteiger partial charge on any atom is -0.464 e. The summed E-state index contributed by atoms with van der Waals surface area (Å²) in [4.78, 5) is 11.3. The van der Waals surface area contributed by atoms with E-state index in [1.807, 2.05) is 0 Å². The summed E-state index contributed by atoms with van der Waals surface area (Å²) < 4.78 is 4.54. The fourth-order valence-corrected chi connectivity index (χ4v) is 1.72. The number of carbonyl (C=O) groups is 1. The molecule has 0 atom stereocenters. The highest BCUT2D eigenvalue weighted by Crippen LogP contribution is 2.26. The predicted molar refractivity (Wildman–Crippen MR) is 60.9 cm³/mol. The summed E-state index contributed by atoms with van der Waals surface area (Å²) in [6.07, 6.45) is 0. The van der Waals surface area contributed by atoms with Crippen LogP contribution in [-0.4, -0.2) is 23.3 Å². The Morgan fingerprint density at radius 2 is 2.06 bits per heavy atom. The zero-order valence-corrected chi connectivity index (χ0v) is 9.71. The molecule has 0 unspecified atom stereocenters. The number of benzene rings is 1. The molecule has 0 saturated carbocycles. The number of esters is 1. The second kappa shape index (κ2) is 4.23. The molecule has 1 heterocycles. The van der Waals surface area contributed by atoms with Gasteiger partial charge in [0.1, 0.15) is 0 Å². The third-order valence-corrected chi connectivity index (χ3v) is 2.66. The molecule has 82 valence electrons. The first kappa shape index (κ1) is 11.1. The first-order chi connectivity index (χ1) is 7.63. The van der Waals surface area contributed by atoms with Crippen molar-refractivity contribution < 1.29 is 9.53 Å². The van der Waals surface area contributed by atoms with Crippen LogP contribution in [0.1, 0.15) is 10.5 Å². The fraction of sp³-hybridized carbons (Fsp3) is 0.100. The van der Waals surface area contributed by atoms with Crippen LogP contribution in [-0.2, 0) is 4.74 Å². The van der Waals surface area contributed by atoms with Crippen LogP contribution in [0.4, 0.5) is 0 Å². The van der Waals surface area contributed by atoms with Gasteiger partial charge in [-0.25, -0.2) is 4.79 Å². The summed E-state index contributed by atoms with van der Waals surface area (Å²) in [7, 11) is 1.26. The molecule has 16 heavy (non-hydrogen) atoms. The van der Waals surface area contributed by atoms with Crippen molar-refractivity contribution in [3.63, 3.8) is 0 Å². The Bertz CT molecular complexity index is 572. The van der Waals surface area contributed by atoms with E-state index in [-0.39, 0.29) is 10.7 Å². The molecule has 0 bridgehead atoms. The van der Waals surface area contributed by atoms with E-state index in [4.69, 9.17) is 23.2 Å². The molecule has 2 aromatic rings. The van der Waals surface area contributed by atoms with E-state index < -0.39 is 5.97 Å². The quantitative estimate of drug-likeness (QED) is 0.737. The van der Waals surface area contributed by atoms with Gasteiger partial charge in [-0.05, 0) is 18.2 Å². The highest BCUT2D eigenvalue weighted by Gasteiger charge is 2.16. The van der Waals surface area contributed by atoms with Crippen LogP contribution in [0.3, 0.4) is 0 Å². The Kier molecular flexibility index (Phi) is 2.94. The van der Waals surface area contributed by atoms with Crippen molar-refractivity contribution in [1.82, 2.24) is 10.2 Å². The van der Waals surface area contributed by atoms with Gasteiger partial charge in [-0.15, -0.1) is 10.2 Å². The molecule has 0 radical (unpaired) electrons. The normalized spacial score (nSPS) is 10.4. The van der Waals surface area contributed by atoms with Gasteiger partial charge in [0.25, 0.3) is 0 Å². The average Bonchev–Trinajstić information content (AvgIpc) is 2.28. The minimum atomic E-state index is -0.616. The maximum atomic E-state index is 11.3. The van der Waals surface area contributed by atoms with Crippen molar-refractivity contribution in [2.75, 3.05) is 7.11 Å². The summed E-state index contributed by atoms with van der Waals surface area (Å²) in [5.74, 6) is -0.616. The van der Waals surface area contributed by atoms with Gasteiger partial charge in [-0.3, -0.25) is 0 Å². The highest BCUT2D eigenvalue weighted by atomic mass is 35.5. The molecule has 0 aliphatic heterocycles. The van der Waals surface area contributed by atoms with E-state index in [9.17, 15) is 4.79 Å². The van der Waals surface area contributed by atoms with Crippen molar-refractivity contribution in [2.45, 2.75) is 0 Å². The molecular weight excluding hydrogens is 251 g/mol. The third-order valence-electron chi connectivity index (χ3n) is 2.04. The zero-order valence-electron chi connectivity index (χ0n) is 8.20. The molecule has 2 rings (SSSR count). The van der Waals surface area contributed by atoms with Crippen molar-refractivity contribution >= 4 is 40.1 Å². The molecule has 0 fully saturated rings. The molecule has 0 aliphatic rings. The second-order valence-electron chi connectivity index (χ2n) is 3.02. The van der Waals surface area contributed by atoms with Gasteiger partial charge in [-0.1, -0.05) is 23.2 Å². The molecule has 0 spiro atoms. The number of nitrogens with zero attached hydrogens (tertiary/aromatic N) is 2. The number of aromatic nitrogens is 2. The molecule has 1 aromatic heterocycles. The van der Waals surface area contributed by atoms with Gasteiger partial charge in [-0.2, -0.15) is 0 Å². The molecule has 0 aliphatic carbocycles. The Hall–Kier alpha value is -1.39. The standard InChI is InChI=1S/C10H6Cl2N2O2/c1-16-10(15)9-8(12)6-3-2-5(11)4-7(6)13-14-9/h2-4H,1H3. The molecule has 0 amide bonds. The van der Waals surface area contributed by atoms with Crippen LogP contribution in [0, 0.1) is 0 Å². The molecule has 1 aromatic carbocycles. The lowest BCUT2D eigenvalue weighted by Gasteiger charge is -2.03. The number of rotatable bonds is 1. The highest BCUT2D eigenvalue weighted by molar-refractivity contribution is 6.38. The van der Waals surface area contributed by atoms with E-state index in [1.165, 1.54) is 7.11 Å². The van der Waals surface area contributed by atoms with E-state index in [0.29, 0.717) is 15.9 Å². The average molecular weight is 257 g/mol. The SMILES string of the molecule is COC(=O)c1nnc2cc(Cl)ccc2c1Cl. The maximum absolute atomic E-state index is 11.3. The topological polar surface area (TPSA) is 52.1 Å². The monoisotopic (exact) mass is 256 g/mol. The van der Waals surface area contributed by atoms with Crippen molar-refractivity contribution in [3.8, 4) is 0 Å². The Morgan fingerprint density at radius 1 is 1.31 bits per heavy atom. The largest absolute Gasteiger partial charge is 0.464 e. The van der Waals surface area contributed by atoms with Crippen LogP contribution >= 0.6 is 23.2 Å². The fourth-order valence-electron chi connectivity index (χ4n) is 1.28. The Labute approximate surface area is 101 Å². The van der Waals surface area contributed by atoms with Crippen molar-refractivity contribution in [2.24, 2.45) is 0 Å².